The first-order valence-electron chi connectivity index (χ1n) is 6.83. The summed E-state index contributed by atoms with van der Waals surface area (Å²) in [6.45, 7) is 0. The number of hydrogen-bond acceptors (Lipinski definition) is 2. The van der Waals surface area contributed by atoms with E-state index >= 15 is 0 Å². The van der Waals surface area contributed by atoms with Gasteiger partial charge in [-0.15, -0.1) is 0 Å². The largest absolute Gasteiger partial charge is 0.481 e. The molecule has 4 saturated carbocycles. The predicted molar refractivity (Wildman–Crippen MR) is 61.6 cm³/mol. The maximum Gasteiger partial charge on any atom is 0.471 e. The first-order valence-corrected chi connectivity index (χ1v) is 6.83. The van der Waals surface area contributed by atoms with Gasteiger partial charge in [-0.3, -0.25) is 9.59 Å². The van der Waals surface area contributed by atoms with Crippen LogP contribution in [0.4, 0.5) is 13.2 Å². The van der Waals surface area contributed by atoms with Gasteiger partial charge in [-0.1, -0.05) is 0 Å². The Hall–Kier alpha value is -1.27. The third kappa shape index (κ3) is 1.90. The van der Waals surface area contributed by atoms with Crippen molar-refractivity contribution in [3.05, 3.63) is 0 Å². The van der Waals surface area contributed by atoms with Crippen molar-refractivity contribution in [2.24, 2.45) is 23.2 Å². The van der Waals surface area contributed by atoms with Crippen molar-refractivity contribution in [3.8, 4) is 0 Å². The second kappa shape index (κ2) is 4.11. The van der Waals surface area contributed by atoms with Gasteiger partial charge in [0.15, 0.2) is 0 Å². The van der Waals surface area contributed by atoms with Crippen LogP contribution in [0.2, 0.25) is 0 Å². The summed E-state index contributed by atoms with van der Waals surface area (Å²) in [7, 11) is 0. The molecule has 0 aromatic rings. The average molecular weight is 291 g/mol. The van der Waals surface area contributed by atoms with Crippen molar-refractivity contribution in [1.82, 2.24) is 5.32 Å². The van der Waals surface area contributed by atoms with Crippen molar-refractivity contribution in [3.63, 3.8) is 0 Å². The molecule has 4 bridgehead atoms. The highest BCUT2D eigenvalue weighted by molar-refractivity contribution is 5.84. The number of carboxylic acid groups (broad SMARTS) is 1. The maximum atomic E-state index is 12.4. The van der Waals surface area contributed by atoms with Crippen LogP contribution < -0.4 is 5.32 Å². The van der Waals surface area contributed by atoms with E-state index < -0.39 is 29.5 Å². The van der Waals surface area contributed by atoms with Crippen molar-refractivity contribution in [2.45, 2.75) is 44.3 Å². The number of hydrogen-bond donors (Lipinski definition) is 2. The van der Waals surface area contributed by atoms with E-state index in [-0.39, 0.29) is 17.8 Å². The monoisotopic (exact) mass is 291 g/mol. The van der Waals surface area contributed by atoms with Crippen LogP contribution in [0.15, 0.2) is 0 Å². The molecule has 0 heterocycles. The smallest absolute Gasteiger partial charge is 0.471 e. The summed E-state index contributed by atoms with van der Waals surface area (Å²) in [4.78, 5) is 22.9. The molecule has 4 aliphatic rings. The molecule has 2 N–H and O–H groups in total. The van der Waals surface area contributed by atoms with Crippen LogP contribution >= 0.6 is 0 Å². The molecule has 0 aromatic heterocycles. The summed E-state index contributed by atoms with van der Waals surface area (Å²) in [6.07, 6.45) is -1.75. The summed E-state index contributed by atoms with van der Waals surface area (Å²) >= 11 is 0. The lowest BCUT2D eigenvalue weighted by molar-refractivity contribution is -0.185. The SMILES string of the molecule is O=C(NC1C2CC3CC(C2)CC1(C(=O)O)C3)C(F)(F)F. The number of carbonyl (C=O) groups excluding carboxylic acids is 1. The van der Waals surface area contributed by atoms with Gasteiger partial charge in [0, 0.05) is 6.04 Å². The van der Waals surface area contributed by atoms with Crippen LogP contribution in [0.5, 0.6) is 0 Å². The molecule has 4 aliphatic carbocycles. The highest BCUT2D eigenvalue weighted by Gasteiger charge is 2.62. The van der Waals surface area contributed by atoms with Crippen molar-refractivity contribution in [1.29, 1.82) is 0 Å². The molecule has 3 unspecified atom stereocenters. The van der Waals surface area contributed by atoms with E-state index in [0.717, 1.165) is 19.3 Å². The van der Waals surface area contributed by atoms with Gasteiger partial charge in [0.05, 0.1) is 5.41 Å². The molecule has 4 fully saturated rings. The summed E-state index contributed by atoms with van der Waals surface area (Å²) < 4.78 is 37.3. The van der Waals surface area contributed by atoms with Crippen molar-refractivity contribution >= 4 is 11.9 Å². The fraction of sp³-hybridized carbons (Fsp3) is 0.846. The van der Waals surface area contributed by atoms with E-state index in [2.05, 4.69) is 0 Å². The molecule has 7 heteroatoms. The van der Waals surface area contributed by atoms with Crippen LogP contribution in [0.3, 0.4) is 0 Å². The van der Waals surface area contributed by atoms with Gasteiger partial charge in [0.25, 0.3) is 0 Å². The molecule has 4 nitrogen and oxygen atoms in total. The van der Waals surface area contributed by atoms with E-state index in [1.807, 2.05) is 5.32 Å². The molecular weight excluding hydrogens is 275 g/mol. The minimum atomic E-state index is -4.96. The quantitative estimate of drug-likeness (QED) is 0.817. The Labute approximate surface area is 113 Å². The third-order valence-corrected chi connectivity index (χ3v) is 5.28. The van der Waals surface area contributed by atoms with Crippen molar-refractivity contribution in [2.75, 3.05) is 0 Å². The second-order valence-electron chi connectivity index (χ2n) is 6.52. The molecule has 0 radical (unpaired) electrons. The first-order chi connectivity index (χ1) is 9.22. The topological polar surface area (TPSA) is 66.4 Å². The molecule has 0 saturated heterocycles. The number of aliphatic carboxylic acids is 1. The molecular formula is C13H16F3NO3. The number of nitrogens with one attached hydrogen (secondary N) is 1. The Balaban J connectivity index is 1.89. The second-order valence-corrected chi connectivity index (χ2v) is 6.52. The highest BCUT2D eigenvalue weighted by atomic mass is 19.4. The molecule has 3 atom stereocenters. The Morgan fingerprint density at radius 3 is 2.10 bits per heavy atom. The maximum absolute atomic E-state index is 12.4. The standard InChI is InChI=1S/C13H16F3NO3/c14-13(15,16)10(18)17-9-8-2-6-1-7(3-8)5-12(9,4-6)11(19)20/h6-9H,1-5H2,(H,17,18)(H,19,20). The lowest BCUT2D eigenvalue weighted by atomic mass is 9.47. The van der Waals surface area contributed by atoms with E-state index in [1.54, 1.807) is 0 Å². The third-order valence-electron chi connectivity index (χ3n) is 5.28. The summed E-state index contributed by atoms with van der Waals surface area (Å²) in [5.74, 6) is -2.66. The molecule has 0 spiro atoms. The molecule has 4 rings (SSSR count). The summed E-state index contributed by atoms with van der Waals surface area (Å²) in [5, 5.41) is 11.5. The van der Waals surface area contributed by atoms with E-state index in [4.69, 9.17) is 0 Å². The Morgan fingerprint density at radius 2 is 1.65 bits per heavy atom. The van der Waals surface area contributed by atoms with Crippen LogP contribution in [-0.4, -0.2) is 29.2 Å². The lowest BCUT2D eigenvalue weighted by Gasteiger charge is -2.59. The van der Waals surface area contributed by atoms with Gasteiger partial charge in [-0.05, 0) is 49.9 Å². The van der Waals surface area contributed by atoms with Gasteiger partial charge in [0.2, 0.25) is 0 Å². The number of carboxylic acids is 1. The zero-order valence-corrected chi connectivity index (χ0v) is 10.7. The number of alkyl halides is 3. The number of halogens is 3. The predicted octanol–water partition coefficient (Wildman–Crippen LogP) is 1.94. The lowest BCUT2D eigenvalue weighted by Crippen LogP contribution is -2.66. The van der Waals surface area contributed by atoms with Gasteiger partial charge in [-0.2, -0.15) is 13.2 Å². The first kappa shape index (κ1) is 13.7. The molecule has 20 heavy (non-hydrogen) atoms. The van der Waals surface area contributed by atoms with Crippen LogP contribution in [-0.2, 0) is 9.59 Å². The molecule has 1 amide bonds. The zero-order valence-electron chi connectivity index (χ0n) is 10.7. The zero-order chi connectivity index (χ0) is 14.7. The Kier molecular flexibility index (Phi) is 2.82. The van der Waals surface area contributed by atoms with E-state index in [9.17, 15) is 27.9 Å². The number of rotatable bonds is 2. The van der Waals surface area contributed by atoms with Gasteiger partial charge < -0.3 is 10.4 Å². The number of carbonyl (C=O) groups is 2. The van der Waals surface area contributed by atoms with E-state index in [1.165, 1.54) is 0 Å². The summed E-state index contributed by atoms with van der Waals surface area (Å²) in [5.41, 5.74) is -1.20. The van der Waals surface area contributed by atoms with Gasteiger partial charge in [0.1, 0.15) is 0 Å². The van der Waals surface area contributed by atoms with Crippen molar-refractivity contribution < 1.29 is 27.9 Å². The highest BCUT2D eigenvalue weighted by Crippen LogP contribution is 2.60. The normalized spacial score (nSPS) is 42.5. The fourth-order valence-corrected chi connectivity index (χ4v) is 4.83. The fourth-order valence-electron chi connectivity index (χ4n) is 4.83. The Morgan fingerprint density at radius 1 is 1.10 bits per heavy atom. The van der Waals surface area contributed by atoms with Gasteiger partial charge >= 0.3 is 18.1 Å². The average Bonchev–Trinajstić information content (AvgIpc) is 2.31. The van der Waals surface area contributed by atoms with Crippen LogP contribution in [0, 0.1) is 23.2 Å². The molecule has 0 aromatic carbocycles. The van der Waals surface area contributed by atoms with E-state index in [0.29, 0.717) is 12.8 Å². The van der Waals surface area contributed by atoms with Crippen LogP contribution in [0.1, 0.15) is 32.1 Å². The number of amides is 1. The Bertz CT molecular complexity index is 448. The minimum absolute atomic E-state index is 0.136. The summed E-state index contributed by atoms with van der Waals surface area (Å²) in [6, 6.07) is -0.887. The molecule has 112 valence electrons. The minimum Gasteiger partial charge on any atom is -0.481 e. The molecule has 0 aliphatic heterocycles. The van der Waals surface area contributed by atoms with Gasteiger partial charge in [-0.25, -0.2) is 0 Å². The van der Waals surface area contributed by atoms with Crippen LogP contribution in [0.25, 0.3) is 0 Å².